The van der Waals surface area contributed by atoms with E-state index in [4.69, 9.17) is 0 Å². The van der Waals surface area contributed by atoms with E-state index in [9.17, 15) is 23.1 Å². The van der Waals surface area contributed by atoms with E-state index in [0.29, 0.717) is 41.4 Å². The highest BCUT2D eigenvalue weighted by atomic mass is 32.1. The van der Waals surface area contributed by atoms with Crippen LogP contribution in [0.25, 0.3) is 16.2 Å². The maximum atomic E-state index is 12.8. The zero-order chi connectivity index (χ0) is 19.2. The van der Waals surface area contributed by atoms with Crippen molar-refractivity contribution >= 4 is 22.2 Å². The third kappa shape index (κ3) is 3.44. The molecule has 0 bridgehead atoms. The summed E-state index contributed by atoms with van der Waals surface area (Å²) < 4.78 is 39.8. The van der Waals surface area contributed by atoms with Gasteiger partial charge in [-0.15, -0.1) is 11.3 Å². The van der Waals surface area contributed by atoms with Crippen LogP contribution in [-0.2, 0) is 6.18 Å². The lowest BCUT2D eigenvalue weighted by Crippen LogP contribution is -2.42. The van der Waals surface area contributed by atoms with Crippen LogP contribution >= 0.6 is 11.3 Å². The molecule has 1 saturated heterocycles. The number of fused-ring (bicyclic) bond motifs is 1. The van der Waals surface area contributed by atoms with Gasteiger partial charge in [0.05, 0.1) is 17.4 Å². The van der Waals surface area contributed by atoms with Crippen molar-refractivity contribution in [2.75, 3.05) is 13.1 Å². The topological polar surface area (TPSA) is 57.8 Å². The van der Waals surface area contributed by atoms with E-state index in [-0.39, 0.29) is 5.91 Å². The van der Waals surface area contributed by atoms with Crippen LogP contribution in [0.4, 0.5) is 13.2 Å². The summed E-state index contributed by atoms with van der Waals surface area (Å²) in [6.07, 6.45) is -1.80. The Morgan fingerprint density at radius 3 is 2.67 bits per heavy atom. The van der Waals surface area contributed by atoms with E-state index in [1.54, 1.807) is 20.9 Å². The van der Waals surface area contributed by atoms with Crippen LogP contribution in [0.1, 0.15) is 28.9 Å². The van der Waals surface area contributed by atoms with Gasteiger partial charge in [0.15, 0.2) is 4.96 Å². The number of halogens is 3. The first kappa shape index (κ1) is 18.0. The molecule has 5 nitrogen and oxygen atoms in total. The summed E-state index contributed by atoms with van der Waals surface area (Å²) in [5.74, 6) is -0.184. The number of hydrogen-bond donors (Lipinski definition) is 1. The standard InChI is InChI=1S/C18H16F3N3O2S/c19-18(20,21)12-5-3-11(4-6-12)14-9-24-15(10-27-17(24)22-14)16(26)23-7-1-2-13(25)8-23/h3-6,9-10,13,25H,1-2,7-8H2/t13-/m1/s1. The second-order valence-electron chi connectivity index (χ2n) is 6.52. The molecule has 1 aliphatic rings. The van der Waals surface area contributed by atoms with Gasteiger partial charge in [-0.2, -0.15) is 13.2 Å². The molecule has 0 aliphatic carbocycles. The number of carbonyl (C=O) groups is 1. The molecule has 9 heteroatoms. The average Bonchev–Trinajstić information content (AvgIpc) is 3.21. The molecule has 0 saturated carbocycles. The SMILES string of the molecule is O=C(c1csc2nc(-c3ccc(C(F)(F)F)cc3)cn12)N1CCC[C@@H](O)C1. The van der Waals surface area contributed by atoms with Crippen molar-refractivity contribution in [3.05, 3.63) is 47.1 Å². The predicted molar refractivity (Wildman–Crippen MR) is 94.7 cm³/mol. The predicted octanol–water partition coefficient (Wildman–Crippen LogP) is 3.68. The van der Waals surface area contributed by atoms with Crippen LogP contribution in [0.5, 0.6) is 0 Å². The van der Waals surface area contributed by atoms with Crippen molar-refractivity contribution < 1.29 is 23.1 Å². The summed E-state index contributed by atoms with van der Waals surface area (Å²) in [4.78, 5) is 19.4. The Kier molecular flexibility index (Phi) is 4.43. The van der Waals surface area contributed by atoms with Crippen molar-refractivity contribution in [2.45, 2.75) is 25.1 Å². The average molecular weight is 395 g/mol. The lowest BCUT2D eigenvalue weighted by Gasteiger charge is -2.29. The first-order chi connectivity index (χ1) is 12.8. The molecule has 1 aliphatic heterocycles. The highest BCUT2D eigenvalue weighted by Crippen LogP contribution is 2.31. The molecular weight excluding hydrogens is 379 g/mol. The molecular formula is C18H16F3N3O2S. The zero-order valence-corrected chi connectivity index (χ0v) is 14.9. The van der Waals surface area contributed by atoms with Gasteiger partial charge in [-0.3, -0.25) is 9.20 Å². The number of alkyl halides is 3. The molecule has 3 aromatic rings. The minimum absolute atomic E-state index is 0.184. The number of amides is 1. The van der Waals surface area contributed by atoms with Gasteiger partial charge in [-0.1, -0.05) is 12.1 Å². The lowest BCUT2D eigenvalue weighted by atomic mass is 10.1. The fraction of sp³-hybridized carbons (Fsp3) is 0.333. The van der Waals surface area contributed by atoms with E-state index in [0.717, 1.165) is 18.6 Å². The Balaban J connectivity index is 1.63. The summed E-state index contributed by atoms with van der Waals surface area (Å²) >= 11 is 1.29. The number of carbonyl (C=O) groups excluding carboxylic acids is 1. The summed E-state index contributed by atoms with van der Waals surface area (Å²) in [7, 11) is 0. The number of benzene rings is 1. The highest BCUT2D eigenvalue weighted by molar-refractivity contribution is 7.15. The summed E-state index contributed by atoms with van der Waals surface area (Å²) in [6, 6.07) is 4.78. The molecule has 3 heterocycles. The van der Waals surface area contributed by atoms with Crippen molar-refractivity contribution in [1.82, 2.24) is 14.3 Å². The molecule has 0 spiro atoms. The maximum Gasteiger partial charge on any atom is 0.416 e. The van der Waals surface area contributed by atoms with Crippen LogP contribution in [0, 0.1) is 0 Å². The van der Waals surface area contributed by atoms with E-state index >= 15 is 0 Å². The fourth-order valence-electron chi connectivity index (χ4n) is 3.21. The number of nitrogens with zero attached hydrogens (tertiary/aromatic N) is 3. The summed E-state index contributed by atoms with van der Waals surface area (Å²) in [6.45, 7) is 0.893. The smallest absolute Gasteiger partial charge is 0.391 e. The molecule has 0 radical (unpaired) electrons. The van der Waals surface area contributed by atoms with Gasteiger partial charge < -0.3 is 10.0 Å². The molecule has 1 aromatic carbocycles. The van der Waals surface area contributed by atoms with Gasteiger partial charge in [-0.25, -0.2) is 4.98 Å². The number of aromatic nitrogens is 2. The summed E-state index contributed by atoms with van der Waals surface area (Å²) in [5, 5.41) is 11.5. The number of thiazole rings is 1. The number of hydrogen-bond acceptors (Lipinski definition) is 4. The largest absolute Gasteiger partial charge is 0.416 e. The van der Waals surface area contributed by atoms with E-state index in [2.05, 4.69) is 4.98 Å². The molecule has 4 rings (SSSR count). The lowest BCUT2D eigenvalue weighted by molar-refractivity contribution is -0.137. The Hall–Kier alpha value is -2.39. The quantitative estimate of drug-likeness (QED) is 0.720. The van der Waals surface area contributed by atoms with Gasteiger partial charge in [0, 0.05) is 30.2 Å². The van der Waals surface area contributed by atoms with Gasteiger partial charge in [0.1, 0.15) is 5.69 Å². The number of likely N-dealkylation sites (tertiary alicyclic amines) is 1. The fourth-order valence-corrected chi connectivity index (χ4v) is 4.06. The van der Waals surface area contributed by atoms with Crippen LogP contribution in [0.3, 0.4) is 0 Å². The Labute approximate surface area is 156 Å². The first-order valence-electron chi connectivity index (χ1n) is 8.44. The number of imidazole rings is 1. The minimum atomic E-state index is -4.38. The third-order valence-electron chi connectivity index (χ3n) is 4.62. The van der Waals surface area contributed by atoms with E-state index in [1.165, 1.54) is 23.5 Å². The van der Waals surface area contributed by atoms with Gasteiger partial charge >= 0.3 is 6.18 Å². The minimum Gasteiger partial charge on any atom is -0.391 e. The van der Waals surface area contributed by atoms with Crippen molar-refractivity contribution in [3.8, 4) is 11.3 Å². The molecule has 0 unspecified atom stereocenters. The number of rotatable bonds is 2. The molecule has 27 heavy (non-hydrogen) atoms. The number of β-amino-alcohol motifs (C(OH)–C–C–N with tert-alkyl or cyclic N) is 1. The van der Waals surface area contributed by atoms with Crippen molar-refractivity contribution in [1.29, 1.82) is 0 Å². The van der Waals surface area contributed by atoms with Crippen LogP contribution in [-0.4, -0.2) is 44.5 Å². The second-order valence-corrected chi connectivity index (χ2v) is 7.36. The van der Waals surface area contributed by atoms with Crippen LogP contribution in [0.2, 0.25) is 0 Å². The van der Waals surface area contributed by atoms with Crippen LogP contribution < -0.4 is 0 Å². The number of piperidine rings is 1. The second kappa shape index (κ2) is 6.65. The maximum absolute atomic E-state index is 12.8. The van der Waals surface area contributed by atoms with Crippen molar-refractivity contribution in [3.63, 3.8) is 0 Å². The Morgan fingerprint density at radius 1 is 1.26 bits per heavy atom. The number of aliphatic hydroxyl groups excluding tert-OH is 1. The Morgan fingerprint density at radius 2 is 2.00 bits per heavy atom. The van der Waals surface area contributed by atoms with Gasteiger partial charge in [-0.05, 0) is 25.0 Å². The molecule has 142 valence electrons. The highest BCUT2D eigenvalue weighted by Gasteiger charge is 2.30. The molecule has 1 amide bonds. The van der Waals surface area contributed by atoms with Gasteiger partial charge in [0.25, 0.3) is 5.91 Å². The monoisotopic (exact) mass is 395 g/mol. The molecule has 1 atom stereocenters. The van der Waals surface area contributed by atoms with Crippen molar-refractivity contribution in [2.24, 2.45) is 0 Å². The third-order valence-corrected chi connectivity index (χ3v) is 5.46. The zero-order valence-electron chi connectivity index (χ0n) is 14.1. The normalized spacial score (nSPS) is 18.2. The van der Waals surface area contributed by atoms with E-state index < -0.39 is 17.8 Å². The molecule has 1 N–H and O–H groups in total. The summed E-state index contributed by atoms with van der Waals surface area (Å²) in [5.41, 5.74) is 0.774. The number of aliphatic hydroxyl groups is 1. The molecule has 1 fully saturated rings. The Bertz CT molecular complexity index is 978. The van der Waals surface area contributed by atoms with Crippen LogP contribution in [0.15, 0.2) is 35.8 Å². The van der Waals surface area contributed by atoms with Gasteiger partial charge in [0.2, 0.25) is 0 Å². The molecule has 2 aromatic heterocycles. The van der Waals surface area contributed by atoms with E-state index in [1.807, 2.05) is 0 Å². The first-order valence-corrected chi connectivity index (χ1v) is 9.32.